The van der Waals surface area contributed by atoms with Crippen LogP contribution in [0.15, 0.2) is 200 Å². The molecule has 266 valence electrons. The molecule has 0 saturated heterocycles. The number of pyridine rings is 1. The zero-order valence-corrected chi connectivity index (χ0v) is 30.8. The van der Waals surface area contributed by atoms with Crippen molar-refractivity contribution >= 4 is 43.5 Å². The van der Waals surface area contributed by atoms with Crippen LogP contribution in [-0.4, -0.2) is 24.5 Å². The first-order chi connectivity index (χ1) is 28.3. The number of hydrogen-bond donors (Lipinski definition) is 0. The topological polar surface area (TPSA) is 56.5 Å². The highest BCUT2D eigenvalue weighted by Gasteiger charge is 2.19. The molecular formula is C52H33N5. The standard InChI is InChI=1S/C52H33N5/c1-4-16-34(17-5-1)40-26-15-27-43-48(40)44-33-38(30-31-45(44)53-49(43)35-18-6-2-7-19-35)52-55-50(36-20-8-3-9-21-36)54-51(56-52)37-22-14-23-39(32-37)57-46-28-12-10-24-41(46)42-25-11-13-29-47(42)57/h1-33H. The first kappa shape index (κ1) is 32.7. The summed E-state index contributed by atoms with van der Waals surface area (Å²) in [5, 5.41) is 5.72. The Balaban J connectivity index is 1.13. The van der Waals surface area contributed by atoms with Gasteiger partial charge in [-0.05, 0) is 53.6 Å². The summed E-state index contributed by atoms with van der Waals surface area (Å²) < 4.78 is 2.32. The van der Waals surface area contributed by atoms with Gasteiger partial charge in [0.25, 0.3) is 0 Å². The summed E-state index contributed by atoms with van der Waals surface area (Å²) in [5.41, 5.74) is 11.3. The zero-order valence-electron chi connectivity index (χ0n) is 30.8. The van der Waals surface area contributed by atoms with Gasteiger partial charge in [0.05, 0.1) is 22.2 Å². The van der Waals surface area contributed by atoms with Gasteiger partial charge >= 0.3 is 0 Å². The third-order valence-electron chi connectivity index (χ3n) is 10.8. The van der Waals surface area contributed by atoms with Crippen LogP contribution in [0.1, 0.15) is 0 Å². The molecule has 0 aliphatic rings. The Morgan fingerprint density at radius 2 is 0.825 bits per heavy atom. The monoisotopic (exact) mass is 727 g/mol. The minimum atomic E-state index is 0.598. The highest BCUT2D eigenvalue weighted by Crippen LogP contribution is 2.40. The second-order valence-corrected chi connectivity index (χ2v) is 14.2. The van der Waals surface area contributed by atoms with Crippen LogP contribution in [0.5, 0.6) is 0 Å². The molecule has 0 atom stereocenters. The third kappa shape index (κ3) is 5.64. The van der Waals surface area contributed by atoms with Crippen LogP contribution in [0, 0.1) is 0 Å². The number of hydrogen-bond acceptors (Lipinski definition) is 4. The molecule has 0 amide bonds. The Morgan fingerprint density at radius 1 is 0.316 bits per heavy atom. The Hall–Kier alpha value is -7.76. The van der Waals surface area contributed by atoms with Crippen molar-refractivity contribution in [1.29, 1.82) is 0 Å². The Labute approximate surface area is 329 Å². The molecule has 0 radical (unpaired) electrons. The summed E-state index contributed by atoms with van der Waals surface area (Å²) >= 11 is 0. The van der Waals surface area contributed by atoms with Crippen molar-refractivity contribution in [3.8, 4) is 62.2 Å². The molecule has 3 aromatic heterocycles. The minimum Gasteiger partial charge on any atom is -0.309 e. The predicted octanol–water partition coefficient (Wildman–Crippen LogP) is 13.0. The van der Waals surface area contributed by atoms with Crippen molar-refractivity contribution in [2.24, 2.45) is 0 Å². The normalized spacial score (nSPS) is 11.5. The maximum Gasteiger partial charge on any atom is 0.164 e. The summed E-state index contributed by atoms with van der Waals surface area (Å²) in [6, 6.07) is 69.7. The van der Waals surface area contributed by atoms with Gasteiger partial charge in [0, 0.05) is 54.9 Å². The Bertz CT molecular complexity index is 3230. The van der Waals surface area contributed by atoms with E-state index < -0.39 is 0 Å². The van der Waals surface area contributed by atoms with Gasteiger partial charge < -0.3 is 4.57 Å². The average Bonchev–Trinajstić information content (AvgIpc) is 3.63. The van der Waals surface area contributed by atoms with Gasteiger partial charge in [-0.25, -0.2) is 19.9 Å². The largest absolute Gasteiger partial charge is 0.309 e. The van der Waals surface area contributed by atoms with E-state index in [4.69, 9.17) is 19.9 Å². The molecule has 0 spiro atoms. The van der Waals surface area contributed by atoms with Gasteiger partial charge in [-0.3, -0.25) is 0 Å². The van der Waals surface area contributed by atoms with Gasteiger partial charge in [-0.1, -0.05) is 158 Å². The van der Waals surface area contributed by atoms with E-state index in [9.17, 15) is 0 Å². The number of benzene rings is 8. The molecule has 0 aliphatic carbocycles. The highest BCUT2D eigenvalue weighted by molar-refractivity contribution is 6.17. The van der Waals surface area contributed by atoms with E-state index in [1.807, 2.05) is 36.4 Å². The van der Waals surface area contributed by atoms with Crippen molar-refractivity contribution in [2.75, 3.05) is 0 Å². The molecule has 0 saturated carbocycles. The molecular weight excluding hydrogens is 695 g/mol. The van der Waals surface area contributed by atoms with E-state index in [0.717, 1.165) is 77.5 Å². The molecule has 3 heterocycles. The van der Waals surface area contributed by atoms with Crippen LogP contribution in [0.4, 0.5) is 0 Å². The van der Waals surface area contributed by atoms with Crippen LogP contribution in [0.2, 0.25) is 0 Å². The molecule has 0 bridgehead atoms. The summed E-state index contributed by atoms with van der Waals surface area (Å²) in [5.74, 6) is 1.82. The van der Waals surface area contributed by atoms with Gasteiger partial charge in [0.2, 0.25) is 0 Å². The van der Waals surface area contributed by atoms with E-state index >= 15 is 0 Å². The molecule has 0 N–H and O–H groups in total. The van der Waals surface area contributed by atoms with Gasteiger partial charge in [0.15, 0.2) is 17.5 Å². The highest BCUT2D eigenvalue weighted by atomic mass is 15.0. The van der Waals surface area contributed by atoms with Crippen molar-refractivity contribution in [3.63, 3.8) is 0 Å². The fourth-order valence-electron chi connectivity index (χ4n) is 8.20. The van der Waals surface area contributed by atoms with Crippen LogP contribution >= 0.6 is 0 Å². The molecule has 0 unspecified atom stereocenters. The minimum absolute atomic E-state index is 0.598. The van der Waals surface area contributed by atoms with Crippen LogP contribution in [0.3, 0.4) is 0 Å². The van der Waals surface area contributed by atoms with E-state index in [2.05, 4.69) is 168 Å². The maximum absolute atomic E-state index is 5.30. The van der Waals surface area contributed by atoms with Crippen LogP contribution < -0.4 is 0 Å². The molecule has 57 heavy (non-hydrogen) atoms. The maximum atomic E-state index is 5.30. The lowest BCUT2D eigenvalue weighted by molar-refractivity contribution is 1.07. The van der Waals surface area contributed by atoms with E-state index in [0.29, 0.717) is 17.5 Å². The number of rotatable bonds is 6. The second-order valence-electron chi connectivity index (χ2n) is 14.2. The first-order valence-electron chi connectivity index (χ1n) is 19.1. The Kier molecular flexibility index (Phi) is 7.74. The van der Waals surface area contributed by atoms with Crippen LogP contribution in [0.25, 0.3) is 106 Å². The molecule has 5 heteroatoms. The van der Waals surface area contributed by atoms with E-state index in [-0.39, 0.29) is 0 Å². The fraction of sp³-hybridized carbons (Fsp3) is 0. The number of fused-ring (bicyclic) bond motifs is 6. The third-order valence-corrected chi connectivity index (χ3v) is 10.8. The molecule has 0 fully saturated rings. The number of nitrogens with zero attached hydrogens (tertiary/aromatic N) is 5. The Morgan fingerprint density at radius 3 is 1.49 bits per heavy atom. The first-order valence-corrected chi connectivity index (χ1v) is 19.1. The summed E-state index contributed by atoms with van der Waals surface area (Å²) in [6.07, 6.45) is 0. The van der Waals surface area contributed by atoms with Crippen molar-refractivity contribution in [2.45, 2.75) is 0 Å². The smallest absolute Gasteiger partial charge is 0.164 e. The average molecular weight is 728 g/mol. The zero-order chi connectivity index (χ0) is 37.7. The lowest BCUT2D eigenvalue weighted by atomic mass is 9.92. The molecule has 0 aliphatic heterocycles. The summed E-state index contributed by atoms with van der Waals surface area (Å²) in [7, 11) is 0. The van der Waals surface area contributed by atoms with Crippen molar-refractivity contribution in [1.82, 2.24) is 24.5 Å². The lowest BCUT2D eigenvalue weighted by Gasteiger charge is -2.15. The lowest BCUT2D eigenvalue weighted by Crippen LogP contribution is -2.01. The number of aromatic nitrogens is 5. The fourth-order valence-corrected chi connectivity index (χ4v) is 8.20. The SMILES string of the molecule is c1ccc(-c2nc(-c3cccc(-n4c5ccccc5c5ccccc54)c3)nc(-c3ccc4nc(-c5ccccc5)c5cccc(-c6ccccc6)c5c4c3)n2)cc1. The van der Waals surface area contributed by atoms with Crippen molar-refractivity contribution < 1.29 is 0 Å². The molecule has 8 aromatic carbocycles. The quantitative estimate of drug-likeness (QED) is 0.160. The van der Waals surface area contributed by atoms with Crippen molar-refractivity contribution in [3.05, 3.63) is 200 Å². The summed E-state index contributed by atoms with van der Waals surface area (Å²) in [6.45, 7) is 0. The van der Waals surface area contributed by atoms with E-state index in [1.54, 1.807) is 0 Å². The van der Waals surface area contributed by atoms with Crippen LogP contribution in [-0.2, 0) is 0 Å². The second kappa shape index (κ2) is 13.5. The molecule has 5 nitrogen and oxygen atoms in total. The molecule has 11 rings (SSSR count). The van der Waals surface area contributed by atoms with Gasteiger partial charge in [0.1, 0.15) is 0 Å². The van der Waals surface area contributed by atoms with E-state index in [1.165, 1.54) is 10.8 Å². The summed E-state index contributed by atoms with van der Waals surface area (Å²) in [4.78, 5) is 20.8. The predicted molar refractivity (Wildman–Crippen MR) is 234 cm³/mol. The van der Waals surface area contributed by atoms with Gasteiger partial charge in [-0.2, -0.15) is 0 Å². The number of para-hydroxylation sites is 2. The molecule has 11 aromatic rings. The van der Waals surface area contributed by atoms with Gasteiger partial charge in [-0.15, -0.1) is 0 Å².